The maximum absolute atomic E-state index is 2.29. The first-order valence-corrected chi connectivity index (χ1v) is 8.98. The van der Waals surface area contributed by atoms with E-state index in [9.17, 15) is 0 Å². The maximum Gasteiger partial charge on any atom is -0.0129 e. The van der Waals surface area contributed by atoms with Crippen LogP contribution in [0, 0.1) is 27.7 Å². The van der Waals surface area contributed by atoms with E-state index in [1.54, 1.807) is 0 Å². The Morgan fingerprint density at radius 2 is 0.792 bits per heavy atom. The Balaban J connectivity index is 0.000000240. The molecular formula is C24H36. The molecule has 2 rings (SSSR count). The molecule has 0 N–H and O–H groups in total. The van der Waals surface area contributed by atoms with E-state index >= 15 is 0 Å². The lowest BCUT2D eigenvalue weighted by Crippen LogP contribution is -2.13. The lowest BCUT2D eigenvalue weighted by Gasteiger charge is -2.22. The highest BCUT2D eigenvalue weighted by Gasteiger charge is 2.16. The van der Waals surface area contributed by atoms with Gasteiger partial charge in [0.05, 0.1) is 0 Å². The van der Waals surface area contributed by atoms with Gasteiger partial charge in [-0.15, -0.1) is 0 Å². The predicted molar refractivity (Wildman–Crippen MR) is 109 cm³/mol. The molecule has 0 saturated heterocycles. The van der Waals surface area contributed by atoms with Crippen LogP contribution in [0.4, 0.5) is 0 Å². The van der Waals surface area contributed by atoms with E-state index in [0.717, 1.165) is 0 Å². The minimum absolute atomic E-state index is 0.274. The van der Waals surface area contributed by atoms with Crippen LogP contribution in [0.2, 0.25) is 0 Å². The smallest absolute Gasteiger partial charge is 0.0129 e. The zero-order chi connectivity index (χ0) is 18.7. The molecule has 0 aliphatic heterocycles. The molecule has 0 bridgehead atoms. The van der Waals surface area contributed by atoms with Crippen LogP contribution in [-0.4, -0.2) is 0 Å². The fourth-order valence-corrected chi connectivity index (χ4v) is 3.09. The van der Waals surface area contributed by atoms with Crippen molar-refractivity contribution in [2.45, 2.75) is 80.1 Å². The standard InChI is InChI=1S/2C12H18/c2*1-9-6-7-10(2)11(8-9)12(3,4)5/h2*6-8H,1-5H3. The first-order chi connectivity index (χ1) is 10.8. The van der Waals surface area contributed by atoms with Gasteiger partial charge in [-0.2, -0.15) is 0 Å². The second-order valence-electron chi connectivity index (χ2n) is 9.14. The van der Waals surface area contributed by atoms with E-state index in [-0.39, 0.29) is 10.8 Å². The summed E-state index contributed by atoms with van der Waals surface area (Å²) in [5.74, 6) is 0. The Morgan fingerprint density at radius 3 is 1.00 bits per heavy atom. The Labute approximate surface area is 150 Å². The zero-order valence-corrected chi connectivity index (χ0v) is 17.5. The van der Waals surface area contributed by atoms with Crippen LogP contribution in [0.5, 0.6) is 0 Å². The van der Waals surface area contributed by atoms with Crippen LogP contribution in [0.1, 0.15) is 74.9 Å². The Kier molecular flexibility index (Phi) is 6.45. The average Bonchev–Trinajstić information content (AvgIpc) is 2.42. The van der Waals surface area contributed by atoms with Crippen molar-refractivity contribution in [1.29, 1.82) is 0 Å². The molecule has 0 saturated carbocycles. The molecule has 24 heavy (non-hydrogen) atoms. The summed E-state index contributed by atoms with van der Waals surface area (Å²) >= 11 is 0. The van der Waals surface area contributed by atoms with Crippen LogP contribution in [0.3, 0.4) is 0 Å². The van der Waals surface area contributed by atoms with Crippen molar-refractivity contribution in [2.24, 2.45) is 0 Å². The Bertz CT molecular complexity index is 615. The Morgan fingerprint density at radius 1 is 0.500 bits per heavy atom. The largest absolute Gasteiger partial charge is 0.0590 e. The zero-order valence-electron chi connectivity index (χ0n) is 17.5. The van der Waals surface area contributed by atoms with Gasteiger partial charge in [0, 0.05) is 0 Å². The molecule has 0 nitrogen and oxygen atoms in total. The van der Waals surface area contributed by atoms with Gasteiger partial charge in [0.15, 0.2) is 0 Å². The molecule has 0 heteroatoms. The topological polar surface area (TPSA) is 0 Å². The number of hydrogen-bond acceptors (Lipinski definition) is 0. The molecular weight excluding hydrogens is 288 g/mol. The van der Waals surface area contributed by atoms with Gasteiger partial charge in [0.1, 0.15) is 0 Å². The maximum atomic E-state index is 2.29. The molecule has 0 spiro atoms. The fraction of sp³-hybridized carbons (Fsp3) is 0.500. The fourth-order valence-electron chi connectivity index (χ4n) is 3.09. The monoisotopic (exact) mass is 324 g/mol. The summed E-state index contributed by atoms with van der Waals surface area (Å²) in [4.78, 5) is 0. The van der Waals surface area contributed by atoms with Gasteiger partial charge in [-0.3, -0.25) is 0 Å². The molecule has 0 atom stereocenters. The number of aryl methyl sites for hydroxylation is 4. The lowest BCUT2D eigenvalue weighted by atomic mass is 9.83. The first-order valence-electron chi connectivity index (χ1n) is 8.98. The third-order valence-corrected chi connectivity index (χ3v) is 4.40. The van der Waals surface area contributed by atoms with Gasteiger partial charge < -0.3 is 0 Å². The molecule has 0 aliphatic rings. The summed E-state index contributed by atoms with van der Waals surface area (Å²) in [6.07, 6.45) is 0. The molecule has 0 radical (unpaired) electrons. The van der Waals surface area contributed by atoms with Crippen LogP contribution < -0.4 is 0 Å². The van der Waals surface area contributed by atoms with Crippen molar-refractivity contribution in [3.8, 4) is 0 Å². The molecule has 2 aromatic carbocycles. The third-order valence-electron chi connectivity index (χ3n) is 4.40. The molecule has 0 fully saturated rings. The quantitative estimate of drug-likeness (QED) is 0.480. The summed E-state index contributed by atoms with van der Waals surface area (Å²) < 4.78 is 0. The molecule has 2 aromatic rings. The van der Waals surface area contributed by atoms with Crippen molar-refractivity contribution in [3.63, 3.8) is 0 Å². The average molecular weight is 325 g/mol. The highest BCUT2D eigenvalue weighted by molar-refractivity contribution is 5.36. The summed E-state index contributed by atoms with van der Waals surface area (Å²) in [5, 5.41) is 0. The van der Waals surface area contributed by atoms with Gasteiger partial charge in [-0.1, -0.05) is 89.1 Å². The lowest BCUT2D eigenvalue weighted by molar-refractivity contribution is 0.585. The molecule has 0 aliphatic carbocycles. The number of rotatable bonds is 0. The minimum Gasteiger partial charge on any atom is -0.0590 e. The minimum atomic E-state index is 0.274. The van der Waals surface area contributed by atoms with Crippen LogP contribution in [0.25, 0.3) is 0 Å². The van der Waals surface area contributed by atoms with Gasteiger partial charge in [0.25, 0.3) is 0 Å². The molecule has 0 heterocycles. The van der Waals surface area contributed by atoms with Crippen molar-refractivity contribution in [1.82, 2.24) is 0 Å². The SMILES string of the molecule is Cc1ccc(C)c(C(C)(C)C)c1.Cc1ccc(C)c(C(C)(C)C)c1. The number of benzene rings is 2. The summed E-state index contributed by atoms with van der Waals surface area (Å²) in [6.45, 7) is 22.2. The van der Waals surface area contributed by atoms with Crippen molar-refractivity contribution >= 4 is 0 Å². The summed E-state index contributed by atoms with van der Waals surface area (Å²) in [5.41, 5.74) is 8.97. The number of hydrogen-bond donors (Lipinski definition) is 0. The summed E-state index contributed by atoms with van der Waals surface area (Å²) in [7, 11) is 0. The van der Waals surface area contributed by atoms with E-state index in [0.29, 0.717) is 0 Å². The second-order valence-corrected chi connectivity index (χ2v) is 9.14. The molecule has 0 unspecified atom stereocenters. The van der Waals surface area contributed by atoms with E-state index in [2.05, 4.69) is 106 Å². The highest BCUT2D eigenvalue weighted by atomic mass is 14.2. The first kappa shape index (κ1) is 20.5. The van der Waals surface area contributed by atoms with E-state index < -0.39 is 0 Å². The van der Waals surface area contributed by atoms with Crippen molar-refractivity contribution in [3.05, 3.63) is 69.8 Å². The van der Waals surface area contributed by atoms with Crippen LogP contribution in [0.15, 0.2) is 36.4 Å². The van der Waals surface area contributed by atoms with Gasteiger partial charge in [0.2, 0.25) is 0 Å². The van der Waals surface area contributed by atoms with Crippen molar-refractivity contribution in [2.75, 3.05) is 0 Å². The van der Waals surface area contributed by atoms with E-state index in [1.165, 1.54) is 33.4 Å². The highest BCUT2D eigenvalue weighted by Crippen LogP contribution is 2.26. The van der Waals surface area contributed by atoms with Crippen LogP contribution >= 0.6 is 0 Å². The predicted octanol–water partition coefficient (Wildman–Crippen LogP) is 7.20. The van der Waals surface area contributed by atoms with Gasteiger partial charge >= 0.3 is 0 Å². The molecule has 0 amide bonds. The molecule has 132 valence electrons. The van der Waals surface area contributed by atoms with Crippen molar-refractivity contribution < 1.29 is 0 Å². The normalized spacial score (nSPS) is 11.8. The van der Waals surface area contributed by atoms with Gasteiger partial charge in [-0.25, -0.2) is 0 Å². The Hall–Kier alpha value is -1.56. The molecule has 0 aromatic heterocycles. The summed E-state index contributed by atoms with van der Waals surface area (Å²) in [6, 6.07) is 13.3. The third kappa shape index (κ3) is 5.82. The van der Waals surface area contributed by atoms with E-state index in [4.69, 9.17) is 0 Å². The van der Waals surface area contributed by atoms with Gasteiger partial charge in [-0.05, 0) is 60.8 Å². The second kappa shape index (κ2) is 7.55. The van der Waals surface area contributed by atoms with Crippen LogP contribution in [-0.2, 0) is 10.8 Å². The van der Waals surface area contributed by atoms with E-state index in [1.807, 2.05) is 0 Å².